The summed E-state index contributed by atoms with van der Waals surface area (Å²) < 4.78 is 11.3. The average molecular weight is 625 g/mol. The van der Waals surface area contributed by atoms with Crippen LogP contribution >= 0.6 is 0 Å². The molecule has 0 aliphatic carbocycles. The molecule has 3 aromatic carbocycles. The Hall–Kier alpha value is -4.83. The van der Waals surface area contributed by atoms with Gasteiger partial charge in [-0.3, -0.25) is 19.8 Å². The number of ether oxygens (including phenoxy) is 2. The molecule has 0 radical (unpaired) electrons. The number of non-ortho nitro benzene ring substituents is 1. The minimum absolute atomic E-state index is 0.0233. The lowest BCUT2D eigenvalue weighted by Gasteiger charge is -2.43. The number of carbonyl (C=O) groups is 2. The number of likely N-dealkylation sites (tertiary alicyclic amines) is 1. The van der Waals surface area contributed by atoms with E-state index in [0.717, 1.165) is 25.9 Å². The summed E-state index contributed by atoms with van der Waals surface area (Å²) in [5.41, 5.74) is 9.38. The van der Waals surface area contributed by atoms with Crippen LogP contribution in [0.3, 0.4) is 0 Å². The lowest BCUT2D eigenvalue weighted by Crippen LogP contribution is -2.44. The number of benzene rings is 3. The smallest absolute Gasteiger partial charge is 0.336 e. The summed E-state index contributed by atoms with van der Waals surface area (Å²) in [5.74, 6) is -3.46. The zero-order valence-corrected chi connectivity index (χ0v) is 26.4. The average Bonchev–Trinajstić information content (AvgIpc) is 3.05. The lowest BCUT2D eigenvalue weighted by molar-refractivity contribution is -0.384. The zero-order valence-electron chi connectivity index (χ0n) is 26.4. The van der Waals surface area contributed by atoms with E-state index in [2.05, 4.69) is 58.4 Å². The van der Waals surface area contributed by atoms with Crippen LogP contribution in [0.25, 0.3) is 0 Å². The monoisotopic (exact) mass is 624 g/mol. The Kier molecular flexibility index (Phi) is 9.96. The fourth-order valence-electron chi connectivity index (χ4n) is 6.68. The number of allylic oxidation sites excluding steroid dienone is 1. The van der Waals surface area contributed by atoms with Crippen molar-refractivity contribution in [2.75, 3.05) is 26.2 Å². The molecule has 2 heterocycles. The Morgan fingerprint density at radius 2 is 1.61 bits per heavy atom. The van der Waals surface area contributed by atoms with Gasteiger partial charge in [-0.05, 0) is 63.4 Å². The minimum atomic E-state index is -1.15. The van der Waals surface area contributed by atoms with Crippen LogP contribution in [0.1, 0.15) is 56.2 Å². The SMILES string of the molecule is CC1=C(C(=O)OCCN2CCC(c3ccccc3)(c3ccccc3)CC2)[C@@H](c2cccc([N+](=O)[O-])c2)C(C(=O)OC(C)C)C(N)=N1. The molecule has 2 atom stereocenters. The fourth-order valence-corrected chi connectivity index (χ4v) is 6.68. The zero-order chi connectivity index (χ0) is 32.8. The maximum absolute atomic E-state index is 13.7. The Labute approximate surface area is 269 Å². The summed E-state index contributed by atoms with van der Waals surface area (Å²) in [4.78, 5) is 44.7. The van der Waals surface area contributed by atoms with Crippen LogP contribution in [0.4, 0.5) is 5.69 Å². The summed E-state index contributed by atoms with van der Waals surface area (Å²) in [6.45, 7) is 7.33. The number of esters is 2. The molecule has 2 aliphatic rings. The molecule has 0 spiro atoms. The molecule has 46 heavy (non-hydrogen) atoms. The van der Waals surface area contributed by atoms with Crippen LogP contribution in [0.2, 0.25) is 0 Å². The highest BCUT2D eigenvalue weighted by molar-refractivity contribution is 6.06. The Morgan fingerprint density at radius 3 is 2.17 bits per heavy atom. The molecule has 0 amide bonds. The van der Waals surface area contributed by atoms with Crippen molar-refractivity contribution in [2.45, 2.75) is 51.0 Å². The van der Waals surface area contributed by atoms with Crippen LogP contribution in [0.15, 0.2) is 101 Å². The normalized spacial score (nSPS) is 19.8. The van der Waals surface area contributed by atoms with Crippen molar-refractivity contribution in [1.29, 1.82) is 0 Å². The van der Waals surface area contributed by atoms with Crippen molar-refractivity contribution in [3.63, 3.8) is 0 Å². The fraction of sp³-hybridized carbons (Fsp3) is 0.361. The molecule has 10 nitrogen and oxygen atoms in total. The van der Waals surface area contributed by atoms with E-state index in [4.69, 9.17) is 15.2 Å². The summed E-state index contributed by atoms with van der Waals surface area (Å²) in [6, 6.07) is 27.0. The number of rotatable bonds is 10. The van der Waals surface area contributed by atoms with Crippen LogP contribution < -0.4 is 5.73 Å². The van der Waals surface area contributed by atoms with Crippen molar-refractivity contribution < 1.29 is 24.0 Å². The minimum Gasteiger partial charge on any atom is -0.462 e. The molecule has 5 rings (SSSR count). The molecule has 240 valence electrons. The van der Waals surface area contributed by atoms with Gasteiger partial charge in [-0.25, -0.2) is 9.79 Å². The van der Waals surface area contributed by atoms with Gasteiger partial charge in [0.15, 0.2) is 0 Å². The quantitative estimate of drug-likeness (QED) is 0.177. The van der Waals surface area contributed by atoms with Gasteiger partial charge in [0.1, 0.15) is 18.4 Å². The van der Waals surface area contributed by atoms with E-state index >= 15 is 0 Å². The topological polar surface area (TPSA) is 137 Å². The predicted octanol–water partition coefficient (Wildman–Crippen LogP) is 5.52. The first kappa shape index (κ1) is 32.6. The maximum atomic E-state index is 13.7. The van der Waals surface area contributed by atoms with E-state index in [0.29, 0.717) is 17.8 Å². The number of amidine groups is 1. The molecular weight excluding hydrogens is 584 g/mol. The number of nitro groups is 1. The second-order valence-electron chi connectivity index (χ2n) is 12.1. The van der Waals surface area contributed by atoms with E-state index in [1.54, 1.807) is 26.8 Å². The second-order valence-corrected chi connectivity index (χ2v) is 12.1. The van der Waals surface area contributed by atoms with E-state index in [1.807, 2.05) is 12.1 Å². The summed E-state index contributed by atoms with van der Waals surface area (Å²) in [5, 5.41) is 11.6. The highest BCUT2D eigenvalue weighted by Crippen LogP contribution is 2.42. The lowest BCUT2D eigenvalue weighted by atomic mass is 9.68. The summed E-state index contributed by atoms with van der Waals surface area (Å²) in [7, 11) is 0. The van der Waals surface area contributed by atoms with Gasteiger partial charge in [-0.15, -0.1) is 0 Å². The second kappa shape index (κ2) is 14.1. The van der Waals surface area contributed by atoms with Gasteiger partial charge in [0.05, 0.1) is 22.3 Å². The van der Waals surface area contributed by atoms with E-state index in [1.165, 1.54) is 29.3 Å². The van der Waals surface area contributed by atoms with Gasteiger partial charge in [0.25, 0.3) is 5.69 Å². The van der Waals surface area contributed by atoms with Gasteiger partial charge >= 0.3 is 11.9 Å². The maximum Gasteiger partial charge on any atom is 0.336 e. The Balaban J connectivity index is 1.32. The first-order chi connectivity index (χ1) is 22.1. The molecule has 2 aliphatic heterocycles. The standard InChI is InChI=1S/C36H40N4O6/c1-24(2)46-35(42)32-31(26-11-10-16-29(23-26)40(43)44)30(25(3)38-33(32)37)34(41)45-22-21-39-19-17-36(18-20-39,27-12-6-4-7-13-27)28-14-8-5-9-15-28/h4-16,23-24,31-32H,17-22H2,1-3H3,(H2,37,38)/t31-,32?/m1/s1. The third-order valence-electron chi connectivity index (χ3n) is 8.92. The Morgan fingerprint density at radius 1 is 1.00 bits per heavy atom. The number of aliphatic imine (C=N–C) groups is 1. The van der Waals surface area contributed by atoms with Crippen LogP contribution in [-0.2, 0) is 24.5 Å². The molecular formula is C36H40N4O6. The predicted molar refractivity (Wildman–Crippen MR) is 175 cm³/mol. The van der Waals surface area contributed by atoms with Gasteiger partial charge < -0.3 is 15.2 Å². The molecule has 0 saturated carbocycles. The summed E-state index contributed by atoms with van der Waals surface area (Å²) in [6.07, 6.45) is 1.39. The molecule has 1 saturated heterocycles. The molecule has 3 aromatic rings. The van der Waals surface area contributed by atoms with E-state index < -0.39 is 34.8 Å². The van der Waals surface area contributed by atoms with Crippen LogP contribution in [0, 0.1) is 16.0 Å². The number of piperidine rings is 1. The van der Waals surface area contributed by atoms with Crippen molar-refractivity contribution >= 4 is 23.5 Å². The molecule has 1 fully saturated rings. The number of nitrogens with zero attached hydrogens (tertiary/aromatic N) is 3. The van der Waals surface area contributed by atoms with E-state index in [-0.39, 0.29) is 29.1 Å². The molecule has 0 bridgehead atoms. The number of hydrogen-bond acceptors (Lipinski definition) is 9. The number of nitro benzene ring substituents is 1. The van der Waals surface area contributed by atoms with Gasteiger partial charge in [-0.2, -0.15) is 0 Å². The van der Waals surface area contributed by atoms with Crippen molar-refractivity contribution in [2.24, 2.45) is 16.6 Å². The number of carbonyl (C=O) groups excluding carboxylic acids is 2. The molecule has 2 N–H and O–H groups in total. The highest BCUT2D eigenvalue weighted by atomic mass is 16.6. The first-order valence-corrected chi connectivity index (χ1v) is 15.6. The van der Waals surface area contributed by atoms with E-state index in [9.17, 15) is 19.7 Å². The number of hydrogen-bond donors (Lipinski definition) is 1. The van der Waals surface area contributed by atoms with Gasteiger partial charge in [0, 0.05) is 30.0 Å². The molecule has 10 heteroatoms. The van der Waals surface area contributed by atoms with Crippen LogP contribution in [0.5, 0.6) is 0 Å². The van der Waals surface area contributed by atoms with Crippen LogP contribution in [-0.4, -0.2) is 59.9 Å². The van der Waals surface area contributed by atoms with Crippen molar-refractivity contribution in [1.82, 2.24) is 4.90 Å². The summed E-state index contributed by atoms with van der Waals surface area (Å²) >= 11 is 0. The third kappa shape index (κ3) is 6.87. The largest absolute Gasteiger partial charge is 0.462 e. The van der Waals surface area contributed by atoms with Crippen molar-refractivity contribution in [3.8, 4) is 0 Å². The Bertz CT molecular complexity index is 1590. The third-order valence-corrected chi connectivity index (χ3v) is 8.92. The molecule has 1 unspecified atom stereocenters. The van der Waals surface area contributed by atoms with Gasteiger partial charge in [0.2, 0.25) is 0 Å². The first-order valence-electron chi connectivity index (χ1n) is 15.6. The number of nitrogens with two attached hydrogens (primary N) is 1. The highest BCUT2D eigenvalue weighted by Gasteiger charge is 2.44. The van der Waals surface area contributed by atoms with Crippen molar-refractivity contribution in [3.05, 3.63) is 123 Å². The molecule has 0 aromatic heterocycles. The van der Waals surface area contributed by atoms with Gasteiger partial charge in [-0.1, -0.05) is 72.8 Å².